The van der Waals surface area contributed by atoms with Gasteiger partial charge in [0.2, 0.25) is 0 Å². The lowest BCUT2D eigenvalue weighted by Crippen LogP contribution is -2.40. The molecule has 0 saturated carbocycles. The van der Waals surface area contributed by atoms with Gasteiger partial charge in [0, 0.05) is 0 Å². The molecule has 1 unspecified atom stereocenters. The van der Waals surface area contributed by atoms with Gasteiger partial charge in [-0.2, -0.15) is 8.78 Å². The number of alkyl halides is 4. The molecule has 0 rings (SSSR count). The standard InChI is InChI=1S/C7H11F4NO3/c1-12-4(5(13)14)2-15-3-7(10,11)6(8)9/h4,6,12H,2-3H2,1H3,(H,13,14). The number of aliphatic carboxylic acids is 1. The predicted octanol–water partition coefficient (Wildman–Crippen LogP) is 0.576. The number of hydrogen-bond acceptors (Lipinski definition) is 3. The van der Waals surface area contributed by atoms with Crippen LogP contribution in [0, 0.1) is 0 Å². The molecule has 0 aliphatic heterocycles. The number of likely N-dealkylation sites (N-methyl/N-ethyl adjacent to an activating group) is 1. The molecule has 4 nitrogen and oxygen atoms in total. The molecule has 0 aliphatic rings. The average Bonchev–Trinajstić information content (AvgIpc) is 2.11. The maximum Gasteiger partial charge on any atom is 0.330 e. The van der Waals surface area contributed by atoms with Gasteiger partial charge in [0.05, 0.1) is 6.61 Å². The van der Waals surface area contributed by atoms with Crippen molar-refractivity contribution in [2.45, 2.75) is 18.4 Å². The van der Waals surface area contributed by atoms with Crippen LogP contribution < -0.4 is 5.32 Å². The number of nitrogens with one attached hydrogen (secondary N) is 1. The van der Waals surface area contributed by atoms with Crippen LogP contribution >= 0.6 is 0 Å². The Morgan fingerprint density at radius 1 is 1.53 bits per heavy atom. The lowest BCUT2D eigenvalue weighted by Gasteiger charge is -2.17. The number of carboxylic acid groups (broad SMARTS) is 1. The summed E-state index contributed by atoms with van der Waals surface area (Å²) in [5.74, 6) is -5.56. The summed E-state index contributed by atoms with van der Waals surface area (Å²) in [6, 6.07) is -1.20. The van der Waals surface area contributed by atoms with E-state index in [9.17, 15) is 22.4 Å². The molecule has 8 heteroatoms. The van der Waals surface area contributed by atoms with Gasteiger partial charge in [0.25, 0.3) is 0 Å². The van der Waals surface area contributed by atoms with Gasteiger partial charge in [0.1, 0.15) is 12.6 Å². The van der Waals surface area contributed by atoms with Crippen molar-refractivity contribution in [1.82, 2.24) is 5.32 Å². The highest BCUT2D eigenvalue weighted by Gasteiger charge is 2.41. The van der Waals surface area contributed by atoms with Crippen molar-refractivity contribution in [2.24, 2.45) is 0 Å². The monoisotopic (exact) mass is 233 g/mol. The van der Waals surface area contributed by atoms with Gasteiger partial charge in [-0.15, -0.1) is 0 Å². The molecule has 0 fully saturated rings. The van der Waals surface area contributed by atoms with Gasteiger partial charge in [-0.05, 0) is 7.05 Å². The van der Waals surface area contributed by atoms with Gasteiger partial charge < -0.3 is 15.2 Å². The predicted molar refractivity (Wildman–Crippen MR) is 42.3 cm³/mol. The molecule has 2 N–H and O–H groups in total. The van der Waals surface area contributed by atoms with Crippen LogP contribution in [-0.4, -0.2) is 49.7 Å². The largest absolute Gasteiger partial charge is 0.480 e. The molecular weight excluding hydrogens is 222 g/mol. The second-order valence-electron chi connectivity index (χ2n) is 2.76. The maximum atomic E-state index is 12.3. The molecule has 0 aliphatic carbocycles. The minimum Gasteiger partial charge on any atom is -0.480 e. The normalized spacial score (nSPS) is 14.3. The van der Waals surface area contributed by atoms with E-state index < -0.39 is 37.6 Å². The van der Waals surface area contributed by atoms with Crippen molar-refractivity contribution in [2.75, 3.05) is 20.3 Å². The summed E-state index contributed by atoms with van der Waals surface area (Å²) in [7, 11) is 1.29. The Balaban J connectivity index is 3.92. The number of rotatable bonds is 7. The Hall–Kier alpha value is -0.890. The molecule has 15 heavy (non-hydrogen) atoms. The average molecular weight is 233 g/mol. The molecular formula is C7H11F4NO3. The highest BCUT2D eigenvalue weighted by Crippen LogP contribution is 2.22. The maximum absolute atomic E-state index is 12.3. The third kappa shape index (κ3) is 4.93. The van der Waals surface area contributed by atoms with E-state index in [0.29, 0.717) is 0 Å². The van der Waals surface area contributed by atoms with Crippen LogP contribution in [0.4, 0.5) is 17.6 Å². The first-order chi connectivity index (χ1) is 6.81. The molecule has 90 valence electrons. The molecule has 0 aromatic heterocycles. The van der Waals surface area contributed by atoms with Crippen LogP contribution in [0.25, 0.3) is 0 Å². The summed E-state index contributed by atoms with van der Waals surface area (Å²) in [5, 5.41) is 10.7. The Kier molecular flexibility index (Phi) is 5.51. The Morgan fingerprint density at radius 2 is 2.07 bits per heavy atom. The van der Waals surface area contributed by atoms with E-state index in [2.05, 4.69) is 10.1 Å². The van der Waals surface area contributed by atoms with Crippen molar-refractivity contribution in [3.05, 3.63) is 0 Å². The van der Waals surface area contributed by atoms with Crippen LogP contribution in [-0.2, 0) is 9.53 Å². The Bertz CT molecular complexity index is 212. The fourth-order valence-electron chi connectivity index (χ4n) is 0.654. The zero-order valence-electron chi connectivity index (χ0n) is 7.84. The summed E-state index contributed by atoms with van der Waals surface area (Å²) in [4.78, 5) is 10.3. The number of ether oxygens (including phenoxy) is 1. The quantitative estimate of drug-likeness (QED) is 0.631. The lowest BCUT2D eigenvalue weighted by molar-refractivity contribution is -0.169. The van der Waals surface area contributed by atoms with Crippen LogP contribution in [0.1, 0.15) is 0 Å². The molecule has 0 aromatic rings. The van der Waals surface area contributed by atoms with Gasteiger partial charge >= 0.3 is 18.3 Å². The Morgan fingerprint density at radius 3 is 2.40 bits per heavy atom. The van der Waals surface area contributed by atoms with Gasteiger partial charge in [-0.25, -0.2) is 8.78 Å². The summed E-state index contributed by atoms with van der Waals surface area (Å²) in [6.45, 7) is -2.11. The van der Waals surface area contributed by atoms with Crippen molar-refractivity contribution in [3.8, 4) is 0 Å². The second-order valence-corrected chi connectivity index (χ2v) is 2.76. The van der Waals surface area contributed by atoms with Gasteiger partial charge in [-0.3, -0.25) is 4.79 Å². The number of halogens is 4. The van der Waals surface area contributed by atoms with E-state index in [1.807, 2.05) is 0 Å². The minimum atomic E-state index is -4.25. The summed E-state index contributed by atoms with van der Waals surface area (Å²) >= 11 is 0. The second kappa shape index (κ2) is 5.86. The van der Waals surface area contributed by atoms with E-state index >= 15 is 0 Å². The van der Waals surface area contributed by atoms with Crippen LogP contribution in [0.2, 0.25) is 0 Å². The molecule has 0 amide bonds. The highest BCUT2D eigenvalue weighted by molar-refractivity contribution is 5.73. The molecule has 0 radical (unpaired) electrons. The van der Waals surface area contributed by atoms with Crippen molar-refractivity contribution >= 4 is 5.97 Å². The number of carboxylic acids is 1. The first-order valence-corrected chi connectivity index (χ1v) is 3.95. The van der Waals surface area contributed by atoms with Crippen LogP contribution in [0.5, 0.6) is 0 Å². The molecule has 0 saturated heterocycles. The van der Waals surface area contributed by atoms with Crippen molar-refractivity contribution < 1.29 is 32.2 Å². The van der Waals surface area contributed by atoms with E-state index in [4.69, 9.17) is 5.11 Å². The molecule has 0 bridgehead atoms. The molecule has 0 aromatic carbocycles. The van der Waals surface area contributed by atoms with E-state index in [0.717, 1.165) is 0 Å². The van der Waals surface area contributed by atoms with Crippen LogP contribution in [0.15, 0.2) is 0 Å². The van der Waals surface area contributed by atoms with E-state index in [1.165, 1.54) is 7.05 Å². The van der Waals surface area contributed by atoms with Crippen molar-refractivity contribution in [3.63, 3.8) is 0 Å². The Labute approximate surface area is 83.2 Å². The zero-order valence-corrected chi connectivity index (χ0v) is 7.84. The third-order valence-electron chi connectivity index (χ3n) is 1.54. The fraction of sp³-hybridized carbons (Fsp3) is 0.857. The van der Waals surface area contributed by atoms with Gasteiger partial charge in [0.15, 0.2) is 0 Å². The number of carbonyl (C=O) groups is 1. The minimum absolute atomic E-state index is 0.603. The summed E-state index contributed by atoms with van der Waals surface area (Å²) < 4.78 is 51.9. The number of hydrogen-bond donors (Lipinski definition) is 2. The fourth-order valence-corrected chi connectivity index (χ4v) is 0.654. The summed E-state index contributed by atoms with van der Waals surface area (Å²) in [5.41, 5.74) is 0. The first-order valence-electron chi connectivity index (χ1n) is 3.95. The highest BCUT2D eigenvalue weighted by atomic mass is 19.3. The smallest absolute Gasteiger partial charge is 0.330 e. The van der Waals surface area contributed by atoms with Crippen LogP contribution in [0.3, 0.4) is 0 Å². The van der Waals surface area contributed by atoms with E-state index in [-0.39, 0.29) is 0 Å². The first kappa shape index (κ1) is 14.1. The van der Waals surface area contributed by atoms with Gasteiger partial charge in [-0.1, -0.05) is 0 Å². The topological polar surface area (TPSA) is 58.6 Å². The third-order valence-corrected chi connectivity index (χ3v) is 1.54. The zero-order chi connectivity index (χ0) is 12.1. The molecule has 0 spiro atoms. The van der Waals surface area contributed by atoms with Crippen molar-refractivity contribution in [1.29, 1.82) is 0 Å². The SMILES string of the molecule is CNC(COCC(F)(F)C(F)F)C(=O)O. The molecule has 1 atom stereocenters. The summed E-state index contributed by atoms with van der Waals surface area (Å²) in [6.07, 6.45) is -3.82. The van der Waals surface area contributed by atoms with E-state index in [1.54, 1.807) is 0 Å². The molecule has 0 heterocycles. The lowest BCUT2D eigenvalue weighted by atomic mass is 10.3.